The van der Waals surface area contributed by atoms with Gasteiger partial charge in [-0.3, -0.25) is 4.79 Å². The van der Waals surface area contributed by atoms with Gasteiger partial charge in [-0.1, -0.05) is 20.8 Å². The minimum Gasteiger partial charge on any atom is -0.461 e. The van der Waals surface area contributed by atoms with Gasteiger partial charge in [-0.05, 0) is 18.1 Å². The van der Waals surface area contributed by atoms with Crippen molar-refractivity contribution >= 4 is 5.97 Å². The average molecular weight is 346 g/mol. The third-order valence-corrected chi connectivity index (χ3v) is 7.01. The Bertz CT molecular complexity index is 856. The summed E-state index contributed by atoms with van der Waals surface area (Å²) in [5.74, 6) is 0.125. The number of fused-ring (bicyclic) bond motifs is 4. The number of ether oxygens (including phenoxy) is 2. The smallest absolute Gasteiger partial charge is 0.336 e. The molecule has 1 aromatic rings. The van der Waals surface area contributed by atoms with Crippen LogP contribution in [-0.4, -0.2) is 35.5 Å². The summed E-state index contributed by atoms with van der Waals surface area (Å²) in [6, 6.07) is 1.55. The van der Waals surface area contributed by atoms with Crippen LogP contribution in [0.15, 0.2) is 15.3 Å². The van der Waals surface area contributed by atoms with Gasteiger partial charge in [-0.2, -0.15) is 0 Å². The van der Waals surface area contributed by atoms with Gasteiger partial charge in [0.1, 0.15) is 23.4 Å². The highest BCUT2D eigenvalue weighted by Gasteiger charge is 2.78. The lowest BCUT2D eigenvalue weighted by molar-refractivity contribution is -0.154. The lowest BCUT2D eigenvalue weighted by Crippen LogP contribution is -2.62. The van der Waals surface area contributed by atoms with E-state index < -0.39 is 23.0 Å². The molecule has 0 amide bonds. The third-order valence-electron chi connectivity index (χ3n) is 7.01. The van der Waals surface area contributed by atoms with E-state index in [4.69, 9.17) is 13.9 Å². The highest BCUT2D eigenvalue weighted by molar-refractivity contribution is 5.82. The molecule has 7 atom stereocenters. The molecule has 25 heavy (non-hydrogen) atoms. The molecule has 4 aliphatic rings. The Balaban J connectivity index is 1.81. The number of hydrogen-bond donors (Lipinski definition) is 1. The maximum atomic E-state index is 12.7. The van der Waals surface area contributed by atoms with E-state index in [2.05, 4.69) is 0 Å². The summed E-state index contributed by atoms with van der Waals surface area (Å²) in [4.78, 5) is 24.9. The zero-order chi connectivity index (χ0) is 17.9. The van der Waals surface area contributed by atoms with E-state index in [0.29, 0.717) is 12.2 Å². The van der Waals surface area contributed by atoms with Crippen molar-refractivity contribution in [2.24, 2.45) is 11.3 Å². The number of epoxide rings is 1. The highest BCUT2D eigenvalue weighted by Crippen LogP contribution is 2.66. The van der Waals surface area contributed by atoms with Gasteiger partial charge in [0.25, 0.3) is 0 Å². The predicted molar refractivity (Wildman–Crippen MR) is 86.3 cm³/mol. The number of hydrogen-bond acceptors (Lipinski definition) is 6. The molecular weight excluding hydrogens is 324 g/mol. The summed E-state index contributed by atoms with van der Waals surface area (Å²) in [7, 11) is 0. The Morgan fingerprint density at radius 2 is 1.96 bits per heavy atom. The van der Waals surface area contributed by atoms with E-state index in [1.807, 2.05) is 20.8 Å². The van der Waals surface area contributed by atoms with Crippen molar-refractivity contribution < 1.29 is 23.8 Å². The Morgan fingerprint density at radius 3 is 2.64 bits per heavy atom. The maximum Gasteiger partial charge on any atom is 0.336 e. The van der Waals surface area contributed by atoms with Gasteiger partial charge in [0.2, 0.25) is 0 Å². The average Bonchev–Trinajstić information content (AvgIpc) is 3.29. The lowest BCUT2D eigenvalue weighted by atomic mass is 9.49. The first kappa shape index (κ1) is 15.6. The molecule has 1 N–H and O–H groups in total. The fraction of sp³-hybridized carbons (Fsp3) is 0.684. The van der Waals surface area contributed by atoms with Gasteiger partial charge in [0.15, 0.2) is 0 Å². The Hall–Kier alpha value is -1.66. The fourth-order valence-electron chi connectivity index (χ4n) is 5.90. The molecule has 3 heterocycles. The van der Waals surface area contributed by atoms with Crippen LogP contribution in [0.3, 0.4) is 0 Å². The summed E-state index contributed by atoms with van der Waals surface area (Å²) in [5.41, 5.74) is -0.0816. The van der Waals surface area contributed by atoms with Crippen LogP contribution >= 0.6 is 0 Å². The highest BCUT2D eigenvalue weighted by atomic mass is 16.6. The Morgan fingerprint density at radius 1 is 1.24 bits per heavy atom. The molecule has 5 rings (SSSR count). The van der Waals surface area contributed by atoms with Gasteiger partial charge >= 0.3 is 11.6 Å². The van der Waals surface area contributed by atoms with Crippen molar-refractivity contribution in [2.75, 3.05) is 0 Å². The van der Waals surface area contributed by atoms with Crippen molar-refractivity contribution in [3.05, 3.63) is 33.4 Å². The number of aliphatic hydroxyl groups is 1. The molecule has 6 nitrogen and oxygen atoms in total. The fourth-order valence-corrected chi connectivity index (χ4v) is 5.90. The maximum absolute atomic E-state index is 12.7. The van der Waals surface area contributed by atoms with Crippen LogP contribution in [0, 0.1) is 11.3 Å². The van der Waals surface area contributed by atoms with Crippen LogP contribution in [0.1, 0.15) is 50.5 Å². The second kappa shape index (κ2) is 4.35. The van der Waals surface area contributed by atoms with Crippen LogP contribution in [0.25, 0.3) is 0 Å². The molecule has 0 bridgehead atoms. The van der Waals surface area contributed by atoms with E-state index in [1.54, 1.807) is 13.0 Å². The zero-order valence-electron chi connectivity index (χ0n) is 14.7. The molecule has 2 aliphatic carbocycles. The molecule has 1 aromatic heterocycles. The first-order valence-electron chi connectivity index (χ1n) is 8.92. The number of esters is 1. The van der Waals surface area contributed by atoms with Gasteiger partial charge < -0.3 is 19.0 Å². The molecule has 0 radical (unpaired) electrons. The van der Waals surface area contributed by atoms with E-state index >= 15 is 0 Å². The number of carbonyl (C=O) groups excluding carboxylic acids is 1. The molecule has 2 aliphatic heterocycles. The number of aliphatic hydroxyl groups excluding tert-OH is 1. The van der Waals surface area contributed by atoms with Crippen LogP contribution in [-0.2, 0) is 26.1 Å². The first-order valence-corrected chi connectivity index (χ1v) is 8.92. The van der Waals surface area contributed by atoms with Crippen molar-refractivity contribution in [2.45, 2.75) is 69.9 Å². The lowest BCUT2D eigenvalue weighted by Gasteiger charge is -2.50. The van der Waals surface area contributed by atoms with Gasteiger partial charge in [-0.15, -0.1) is 0 Å². The SMILES string of the molecule is CC(C)c1oc(=O)cc2c1C[C@H]1OC(=O)[C@]3(C)[C@@H]1[C@@]2(C)[C@H]1O[C@@H]1[C@@H]3O. The monoisotopic (exact) mass is 346 g/mol. The molecular formula is C19H22O6. The normalized spacial score (nSPS) is 46.3. The summed E-state index contributed by atoms with van der Waals surface area (Å²) >= 11 is 0. The number of rotatable bonds is 1. The van der Waals surface area contributed by atoms with E-state index in [-0.39, 0.29) is 35.6 Å². The van der Waals surface area contributed by atoms with Crippen LogP contribution in [0.2, 0.25) is 0 Å². The van der Waals surface area contributed by atoms with E-state index in [0.717, 1.165) is 11.1 Å². The van der Waals surface area contributed by atoms with Crippen molar-refractivity contribution in [3.8, 4) is 0 Å². The Kier molecular flexibility index (Phi) is 2.71. The quantitative estimate of drug-likeness (QED) is 0.608. The zero-order valence-corrected chi connectivity index (χ0v) is 14.7. The van der Waals surface area contributed by atoms with Gasteiger partial charge in [0.05, 0.1) is 12.2 Å². The molecule has 0 unspecified atom stereocenters. The summed E-state index contributed by atoms with van der Waals surface area (Å²) < 4.78 is 17.1. The van der Waals surface area contributed by atoms with Crippen LogP contribution < -0.4 is 5.63 Å². The summed E-state index contributed by atoms with van der Waals surface area (Å²) in [5, 5.41) is 10.7. The molecule has 134 valence electrons. The first-order chi connectivity index (χ1) is 11.7. The van der Waals surface area contributed by atoms with Gasteiger partial charge in [-0.25, -0.2) is 4.79 Å². The largest absolute Gasteiger partial charge is 0.461 e. The van der Waals surface area contributed by atoms with E-state index in [9.17, 15) is 14.7 Å². The van der Waals surface area contributed by atoms with Crippen molar-refractivity contribution in [1.82, 2.24) is 0 Å². The van der Waals surface area contributed by atoms with Crippen LogP contribution in [0.5, 0.6) is 0 Å². The minimum atomic E-state index is -1.01. The van der Waals surface area contributed by atoms with Crippen LogP contribution in [0.4, 0.5) is 0 Å². The molecule has 0 aromatic carbocycles. The summed E-state index contributed by atoms with van der Waals surface area (Å²) in [6.45, 7) is 7.79. The second-order valence-electron chi connectivity index (χ2n) is 8.63. The van der Waals surface area contributed by atoms with E-state index in [1.165, 1.54) is 0 Å². The molecule has 6 heteroatoms. The number of carbonyl (C=O) groups is 1. The third kappa shape index (κ3) is 1.59. The van der Waals surface area contributed by atoms with Crippen molar-refractivity contribution in [1.29, 1.82) is 0 Å². The second-order valence-corrected chi connectivity index (χ2v) is 8.63. The van der Waals surface area contributed by atoms with Crippen molar-refractivity contribution in [3.63, 3.8) is 0 Å². The molecule has 1 saturated carbocycles. The molecule has 2 saturated heterocycles. The standard InChI is InChI=1S/C19H22O6/c1-7(2)12-8-5-10-14-18(3,9(8)6-11(20)24-12)16-13(25-16)15(21)19(14,4)17(22)23-10/h6-7,10,13-16,21H,5H2,1-4H3/t10-,13-,14+,15+,16+,18+,19-/m1/s1. The topological polar surface area (TPSA) is 89.3 Å². The predicted octanol–water partition coefficient (Wildman–Crippen LogP) is 1.27. The minimum absolute atomic E-state index is 0.0522. The Labute approximate surface area is 145 Å². The molecule has 3 fully saturated rings. The van der Waals surface area contributed by atoms with Gasteiger partial charge in [0, 0.05) is 29.7 Å². The molecule has 0 spiro atoms. The summed E-state index contributed by atoms with van der Waals surface area (Å²) in [6.07, 6.45) is -1.30.